The van der Waals surface area contributed by atoms with Gasteiger partial charge in [-0.05, 0) is 24.3 Å². The third-order valence-electron chi connectivity index (χ3n) is 2.44. The average molecular weight is 267 g/mol. The molecule has 0 spiro atoms. The largest absolute Gasteiger partial charge is 0.497 e. The molecule has 7 heteroatoms. The Bertz CT molecular complexity index is 623. The summed E-state index contributed by atoms with van der Waals surface area (Å²) in [6.45, 7) is 0. The number of aromatic nitrogens is 2. The van der Waals surface area contributed by atoms with Gasteiger partial charge in [-0.15, -0.1) is 0 Å². The van der Waals surface area contributed by atoms with E-state index in [9.17, 15) is 13.2 Å². The van der Waals surface area contributed by atoms with Crippen molar-refractivity contribution in [2.24, 2.45) is 0 Å². The maximum atomic E-state index is 12.6. The zero-order chi connectivity index (χ0) is 14.0. The van der Waals surface area contributed by atoms with E-state index in [2.05, 4.69) is 5.10 Å². The molecule has 4 nitrogen and oxygen atoms in total. The third-order valence-corrected chi connectivity index (χ3v) is 2.44. The van der Waals surface area contributed by atoms with E-state index in [4.69, 9.17) is 10.00 Å². The van der Waals surface area contributed by atoms with Crippen LogP contribution in [-0.4, -0.2) is 16.9 Å². The fourth-order valence-corrected chi connectivity index (χ4v) is 1.53. The first-order chi connectivity index (χ1) is 8.95. The van der Waals surface area contributed by atoms with Crippen LogP contribution in [0.1, 0.15) is 11.3 Å². The Hall–Kier alpha value is -2.49. The molecule has 2 aromatic rings. The summed E-state index contributed by atoms with van der Waals surface area (Å²) in [5.41, 5.74) is -1.29. The lowest BCUT2D eigenvalue weighted by Gasteiger charge is -2.04. The number of methoxy groups -OCH3 is 1. The number of benzene rings is 1. The van der Waals surface area contributed by atoms with Crippen LogP contribution in [0.5, 0.6) is 5.75 Å². The highest BCUT2D eigenvalue weighted by atomic mass is 19.4. The standard InChI is InChI=1S/C12H8F3N3O/c1-19-10-4-2-9(3-5-10)18-7-8(6-16)11(17-18)12(13,14)15/h2-5,7H,1H3. The first-order valence-corrected chi connectivity index (χ1v) is 5.17. The van der Waals surface area contributed by atoms with Crippen LogP contribution in [0, 0.1) is 11.3 Å². The molecule has 1 heterocycles. The Morgan fingerprint density at radius 3 is 2.32 bits per heavy atom. The summed E-state index contributed by atoms with van der Waals surface area (Å²) in [6.07, 6.45) is -3.60. The predicted molar refractivity (Wildman–Crippen MR) is 59.8 cm³/mol. The van der Waals surface area contributed by atoms with Gasteiger partial charge in [0.2, 0.25) is 0 Å². The van der Waals surface area contributed by atoms with Gasteiger partial charge >= 0.3 is 6.18 Å². The lowest BCUT2D eigenvalue weighted by atomic mass is 10.2. The van der Waals surface area contributed by atoms with Crippen molar-refractivity contribution < 1.29 is 17.9 Å². The number of hydrogen-bond acceptors (Lipinski definition) is 3. The number of nitrogens with zero attached hydrogens (tertiary/aromatic N) is 3. The van der Waals surface area contributed by atoms with Gasteiger partial charge in [0.05, 0.1) is 12.8 Å². The van der Waals surface area contributed by atoms with Crippen molar-refractivity contribution in [1.29, 1.82) is 5.26 Å². The average Bonchev–Trinajstić information content (AvgIpc) is 2.83. The molecule has 0 aliphatic carbocycles. The molecule has 0 radical (unpaired) electrons. The summed E-state index contributed by atoms with van der Waals surface area (Å²) < 4.78 is 43.9. The van der Waals surface area contributed by atoms with Crippen molar-refractivity contribution in [3.05, 3.63) is 41.7 Å². The fourth-order valence-electron chi connectivity index (χ4n) is 1.53. The van der Waals surface area contributed by atoms with E-state index < -0.39 is 17.4 Å². The summed E-state index contributed by atoms with van der Waals surface area (Å²) in [4.78, 5) is 0. The molecular weight excluding hydrogens is 259 g/mol. The van der Waals surface area contributed by atoms with Crippen LogP contribution >= 0.6 is 0 Å². The predicted octanol–water partition coefficient (Wildman–Crippen LogP) is 2.77. The Labute approximate surface area is 106 Å². The van der Waals surface area contributed by atoms with E-state index in [1.165, 1.54) is 13.2 Å². The second-order valence-corrected chi connectivity index (χ2v) is 3.64. The van der Waals surface area contributed by atoms with Gasteiger partial charge in [-0.2, -0.15) is 23.5 Å². The smallest absolute Gasteiger partial charge is 0.436 e. The highest BCUT2D eigenvalue weighted by Crippen LogP contribution is 2.31. The van der Waals surface area contributed by atoms with Gasteiger partial charge in [0, 0.05) is 6.20 Å². The third kappa shape index (κ3) is 2.52. The lowest BCUT2D eigenvalue weighted by molar-refractivity contribution is -0.141. The lowest BCUT2D eigenvalue weighted by Crippen LogP contribution is -2.08. The molecule has 0 aliphatic heterocycles. The topological polar surface area (TPSA) is 50.8 Å². The van der Waals surface area contributed by atoms with E-state index in [1.54, 1.807) is 24.3 Å². The number of ether oxygens (including phenoxy) is 1. The molecular formula is C12H8F3N3O. The summed E-state index contributed by atoms with van der Waals surface area (Å²) in [6, 6.07) is 7.77. The highest BCUT2D eigenvalue weighted by molar-refractivity contribution is 5.41. The van der Waals surface area contributed by atoms with Gasteiger partial charge in [0.1, 0.15) is 17.4 Å². The van der Waals surface area contributed by atoms with Crippen molar-refractivity contribution in [2.45, 2.75) is 6.18 Å². The van der Waals surface area contributed by atoms with Gasteiger partial charge in [-0.3, -0.25) is 0 Å². The van der Waals surface area contributed by atoms with E-state index in [0.29, 0.717) is 11.4 Å². The van der Waals surface area contributed by atoms with E-state index in [-0.39, 0.29) is 0 Å². The molecule has 19 heavy (non-hydrogen) atoms. The molecule has 2 rings (SSSR count). The maximum absolute atomic E-state index is 12.6. The Morgan fingerprint density at radius 2 is 1.89 bits per heavy atom. The minimum atomic E-state index is -4.65. The molecule has 0 unspecified atom stereocenters. The van der Waals surface area contributed by atoms with Gasteiger partial charge in [0.15, 0.2) is 5.69 Å². The van der Waals surface area contributed by atoms with Crippen molar-refractivity contribution in [3.8, 4) is 17.5 Å². The molecule has 0 aliphatic rings. The number of nitriles is 1. The molecule has 1 aromatic heterocycles. The number of alkyl halides is 3. The molecule has 0 saturated heterocycles. The van der Waals surface area contributed by atoms with Gasteiger partial charge in [-0.1, -0.05) is 0 Å². The monoisotopic (exact) mass is 267 g/mol. The zero-order valence-electron chi connectivity index (χ0n) is 9.77. The molecule has 98 valence electrons. The Kier molecular flexibility index (Phi) is 3.17. The van der Waals surface area contributed by atoms with Crippen LogP contribution in [0.4, 0.5) is 13.2 Å². The SMILES string of the molecule is COc1ccc(-n2cc(C#N)c(C(F)(F)F)n2)cc1. The van der Waals surface area contributed by atoms with Crippen LogP contribution in [0.15, 0.2) is 30.5 Å². The van der Waals surface area contributed by atoms with Crippen molar-refractivity contribution in [1.82, 2.24) is 9.78 Å². The van der Waals surface area contributed by atoms with E-state index >= 15 is 0 Å². The summed E-state index contributed by atoms with van der Waals surface area (Å²) >= 11 is 0. The molecule has 0 atom stereocenters. The minimum absolute atomic E-state index is 0.410. The van der Waals surface area contributed by atoms with Crippen LogP contribution in [-0.2, 0) is 6.18 Å². The summed E-state index contributed by atoms with van der Waals surface area (Å²) in [5, 5.41) is 12.1. The van der Waals surface area contributed by atoms with Gasteiger partial charge in [-0.25, -0.2) is 4.68 Å². The van der Waals surface area contributed by atoms with Gasteiger partial charge < -0.3 is 4.74 Å². The van der Waals surface area contributed by atoms with E-state index in [0.717, 1.165) is 10.9 Å². The van der Waals surface area contributed by atoms with Gasteiger partial charge in [0.25, 0.3) is 0 Å². The first-order valence-electron chi connectivity index (χ1n) is 5.17. The minimum Gasteiger partial charge on any atom is -0.497 e. The highest BCUT2D eigenvalue weighted by Gasteiger charge is 2.37. The second kappa shape index (κ2) is 4.65. The molecule has 0 fully saturated rings. The Balaban J connectivity index is 2.46. The molecule has 0 N–H and O–H groups in total. The molecule has 0 amide bonds. The maximum Gasteiger partial charge on any atom is 0.436 e. The normalized spacial score (nSPS) is 11.1. The first kappa shape index (κ1) is 13.0. The molecule has 1 aromatic carbocycles. The zero-order valence-corrected chi connectivity index (χ0v) is 9.77. The van der Waals surface area contributed by atoms with Crippen LogP contribution in [0.3, 0.4) is 0 Å². The molecule has 0 bridgehead atoms. The number of halogens is 3. The van der Waals surface area contributed by atoms with E-state index in [1.807, 2.05) is 0 Å². The quantitative estimate of drug-likeness (QED) is 0.840. The molecule has 0 saturated carbocycles. The fraction of sp³-hybridized carbons (Fsp3) is 0.167. The number of rotatable bonds is 2. The van der Waals surface area contributed by atoms with Crippen molar-refractivity contribution in [3.63, 3.8) is 0 Å². The summed E-state index contributed by atoms with van der Waals surface area (Å²) in [7, 11) is 1.48. The summed E-state index contributed by atoms with van der Waals surface area (Å²) in [5.74, 6) is 0.576. The second-order valence-electron chi connectivity index (χ2n) is 3.64. The van der Waals surface area contributed by atoms with Crippen LogP contribution < -0.4 is 4.74 Å². The van der Waals surface area contributed by atoms with Crippen LogP contribution in [0.25, 0.3) is 5.69 Å². The Morgan fingerprint density at radius 1 is 1.26 bits per heavy atom. The van der Waals surface area contributed by atoms with Crippen molar-refractivity contribution >= 4 is 0 Å². The van der Waals surface area contributed by atoms with Crippen LogP contribution in [0.2, 0.25) is 0 Å². The number of hydrogen-bond donors (Lipinski definition) is 0. The van der Waals surface area contributed by atoms with Crippen molar-refractivity contribution in [2.75, 3.05) is 7.11 Å².